The Morgan fingerprint density at radius 1 is 1.07 bits per heavy atom. The Morgan fingerprint density at radius 2 is 1.77 bits per heavy atom. The Bertz CT molecular complexity index is 1030. The van der Waals surface area contributed by atoms with Crippen LogP contribution in [0.25, 0.3) is 0 Å². The average molecular weight is 594 g/mol. The fraction of sp³-hybridized carbons (Fsp3) is 0.929. The molecule has 0 bridgehead atoms. The maximum absolute atomic E-state index is 12.3. The SMILES string of the molecule is C[C@H](CCC(=O)NCCS(=O)(=O)[O-])[C@H]1CCC2C3C(C[C@H](O)[C@@]21C)[C@@]1(C)CC[C@H](NC(=O)CN)C[C@H]1C[C@H]3O.[Na+]. The van der Waals surface area contributed by atoms with Crippen LogP contribution in [-0.4, -0.2) is 72.1 Å². The molecule has 4 rings (SSSR count). The van der Waals surface area contributed by atoms with Crippen LogP contribution in [0, 0.1) is 46.3 Å². The van der Waals surface area contributed by atoms with Gasteiger partial charge in [0.05, 0.1) is 34.6 Å². The summed E-state index contributed by atoms with van der Waals surface area (Å²) in [5.41, 5.74) is 5.17. The molecular formula is C28H48N3NaO7S. The predicted octanol–water partition coefficient (Wildman–Crippen LogP) is -1.89. The van der Waals surface area contributed by atoms with E-state index in [1.165, 1.54) is 0 Å². The maximum atomic E-state index is 12.3. The fourth-order valence-electron chi connectivity index (χ4n) is 9.54. The van der Waals surface area contributed by atoms with Crippen molar-refractivity contribution >= 4 is 21.9 Å². The van der Waals surface area contributed by atoms with Gasteiger partial charge < -0.3 is 31.1 Å². The molecule has 4 saturated carbocycles. The van der Waals surface area contributed by atoms with Crippen molar-refractivity contribution in [3.8, 4) is 0 Å². The molecule has 0 saturated heterocycles. The summed E-state index contributed by atoms with van der Waals surface area (Å²) in [4.78, 5) is 24.1. The number of nitrogens with one attached hydrogen (secondary N) is 2. The Kier molecular flexibility index (Phi) is 11.3. The number of aliphatic hydroxyl groups excluding tert-OH is 2. The van der Waals surface area contributed by atoms with E-state index in [0.717, 1.165) is 38.5 Å². The van der Waals surface area contributed by atoms with Gasteiger partial charge in [-0.2, -0.15) is 0 Å². The molecule has 6 N–H and O–H groups in total. The Hall–Kier alpha value is -0.270. The zero-order valence-electron chi connectivity index (χ0n) is 24.6. The van der Waals surface area contributed by atoms with Crippen molar-refractivity contribution in [2.75, 3.05) is 18.8 Å². The maximum Gasteiger partial charge on any atom is 1.00 e. The first-order chi connectivity index (χ1) is 18.2. The monoisotopic (exact) mass is 593 g/mol. The van der Waals surface area contributed by atoms with E-state index >= 15 is 0 Å². The first kappa shape index (κ1) is 34.2. The molecule has 0 aromatic carbocycles. The van der Waals surface area contributed by atoms with E-state index < -0.39 is 28.1 Å². The van der Waals surface area contributed by atoms with Crippen LogP contribution >= 0.6 is 0 Å². The molecule has 0 aliphatic heterocycles. The van der Waals surface area contributed by atoms with Gasteiger partial charge in [-0.15, -0.1) is 0 Å². The van der Waals surface area contributed by atoms with Crippen molar-refractivity contribution in [2.24, 2.45) is 52.1 Å². The molecule has 0 heterocycles. The van der Waals surface area contributed by atoms with Gasteiger partial charge in [0.2, 0.25) is 11.8 Å². The van der Waals surface area contributed by atoms with Crippen molar-refractivity contribution in [1.29, 1.82) is 0 Å². The van der Waals surface area contributed by atoms with E-state index in [4.69, 9.17) is 5.73 Å². The molecule has 0 radical (unpaired) electrons. The zero-order chi connectivity index (χ0) is 28.8. The minimum atomic E-state index is -4.36. The van der Waals surface area contributed by atoms with Crippen molar-refractivity contribution in [3.05, 3.63) is 0 Å². The molecule has 10 nitrogen and oxygen atoms in total. The molecule has 0 aromatic rings. The first-order valence-electron chi connectivity index (χ1n) is 14.8. The Morgan fingerprint density at radius 3 is 2.42 bits per heavy atom. The van der Waals surface area contributed by atoms with E-state index in [-0.39, 0.29) is 113 Å². The number of amides is 2. The molecule has 4 fully saturated rings. The van der Waals surface area contributed by atoms with Crippen molar-refractivity contribution < 1.29 is 62.3 Å². The van der Waals surface area contributed by atoms with Gasteiger partial charge in [-0.05, 0) is 97.7 Å². The Labute approximate surface area is 261 Å². The van der Waals surface area contributed by atoms with Crippen LogP contribution in [-0.2, 0) is 19.7 Å². The van der Waals surface area contributed by atoms with Gasteiger partial charge in [0.15, 0.2) is 0 Å². The number of rotatable bonds is 9. The first-order valence-corrected chi connectivity index (χ1v) is 16.3. The summed E-state index contributed by atoms with van der Waals surface area (Å²) in [5, 5.41) is 28.9. The number of hydrogen-bond acceptors (Lipinski definition) is 8. The minimum absolute atomic E-state index is 0. The van der Waals surface area contributed by atoms with Gasteiger partial charge in [0, 0.05) is 19.0 Å². The van der Waals surface area contributed by atoms with E-state index in [0.29, 0.717) is 12.8 Å². The number of hydrogen-bond donors (Lipinski definition) is 5. The predicted molar refractivity (Wildman–Crippen MR) is 145 cm³/mol. The minimum Gasteiger partial charge on any atom is -0.748 e. The second kappa shape index (κ2) is 13.2. The smallest absolute Gasteiger partial charge is 0.748 e. The van der Waals surface area contributed by atoms with Crippen LogP contribution in [0.3, 0.4) is 0 Å². The molecule has 4 aliphatic carbocycles. The molecule has 0 aromatic heterocycles. The molecule has 11 atom stereocenters. The summed E-state index contributed by atoms with van der Waals surface area (Å²) in [6.45, 7) is 6.45. The van der Waals surface area contributed by atoms with Crippen LogP contribution < -0.4 is 45.9 Å². The van der Waals surface area contributed by atoms with Crippen LogP contribution in [0.4, 0.5) is 0 Å². The number of fused-ring (bicyclic) bond motifs is 5. The van der Waals surface area contributed by atoms with Crippen LogP contribution in [0.5, 0.6) is 0 Å². The molecule has 4 aliphatic rings. The summed E-state index contributed by atoms with van der Waals surface area (Å²) in [5.74, 6) is 0.211. The molecule has 40 heavy (non-hydrogen) atoms. The third-order valence-electron chi connectivity index (χ3n) is 11.6. The largest absolute Gasteiger partial charge is 1.00 e. The summed E-state index contributed by atoms with van der Waals surface area (Å²) in [6, 6.07) is 0.0836. The number of carbonyl (C=O) groups excluding carboxylic acids is 2. The quantitative estimate of drug-likeness (QED) is 0.152. The van der Waals surface area contributed by atoms with E-state index in [2.05, 4.69) is 31.4 Å². The van der Waals surface area contributed by atoms with Crippen molar-refractivity contribution in [1.82, 2.24) is 10.6 Å². The summed E-state index contributed by atoms with van der Waals surface area (Å²) in [7, 11) is -4.36. The molecule has 2 amide bonds. The summed E-state index contributed by atoms with van der Waals surface area (Å²) >= 11 is 0. The van der Waals surface area contributed by atoms with Gasteiger partial charge in [0.1, 0.15) is 0 Å². The summed E-state index contributed by atoms with van der Waals surface area (Å²) in [6.07, 6.45) is 5.87. The second-order valence-electron chi connectivity index (χ2n) is 13.5. The number of carbonyl (C=O) groups is 2. The molecule has 0 spiro atoms. The average Bonchev–Trinajstić information content (AvgIpc) is 3.21. The van der Waals surface area contributed by atoms with E-state index in [1.807, 2.05) is 0 Å². The van der Waals surface area contributed by atoms with Crippen molar-refractivity contribution in [2.45, 2.75) is 96.8 Å². The standard InChI is InChI=1S/C28H49N3O7S.Na/c1-16(4-7-24(34)30-10-11-39(36,37)38)19-5-6-20-26-21(14-23(33)28(19,20)3)27(2)9-8-18(31-25(35)15-29)12-17(27)13-22(26)32;/h16-23,26,32-33H,4-15,29H2,1-3H3,(H,30,34)(H,31,35)(H,36,37,38);/q;+1/p-1/t16-,17+,18+,19-,20?,21?,22-,23+,26?,27+,28-;/m1./s1. The van der Waals surface area contributed by atoms with Crippen LogP contribution in [0.1, 0.15) is 78.6 Å². The molecule has 12 heteroatoms. The van der Waals surface area contributed by atoms with Gasteiger partial charge in [-0.1, -0.05) is 20.8 Å². The van der Waals surface area contributed by atoms with Crippen LogP contribution in [0.15, 0.2) is 0 Å². The van der Waals surface area contributed by atoms with E-state index in [9.17, 15) is 32.8 Å². The van der Waals surface area contributed by atoms with E-state index in [1.54, 1.807) is 0 Å². The summed E-state index contributed by atoms with van der Waals surface area (Å²) < 4.78 is 32.3. The molecule has 224 valence electrons. The molecular weight excluding hydrogens is 545 g/mol. The third-order valence-corrected chi connectivity index (χ3v) is 12.3. The number of nitrogens with two attached hydrogens (primary N) is 1. The Balaban J connectivity index is 0.00000441. The third kappa shape index (κ3) is 6.77. The van der Waals surface area contributed by atoms with Gasteiger partial charge in [0.25, 0.3) is 0 Å². The second-order valence-corrected chi connectivity index (χ2v) is 15.0. The normalized spacial score (nSPS) is 41.5. The topological polar surface area (TPSA) is 182 Å². The van der Waals surface area contributed by atoms with Gasteiger partial charge in [-0.3, -0.25) is 9.59 Å². The number of aliphatic hydroxyl groups is 2. The van der Waals surface area contributed by atoms with Gasteiger partial charge >= 0.3 is 29.6 Å². The molecule has 3 unspecified atom stereocenters. The zero-order valence-corrected chi connectivity index (χ0v) is 27.4. The van der Waals surface area contributed by atoms with Crippen LogP contribution in [0.2, 0.25) is 0 Å². The fourth-order valence-corrected chi connectivity index (χ4v) is 9.89. The van der Waals surface area contributed by atoms with Gasteiger partial charge in [-0.25, -0.2) is 8.42 Å². The van der Waals surface area contributed by atoms with Crippen molar-refractivity contribution in [3.63, 3.8) is 0 Å².